The zero-order chi connectivity index (χ0) is 12.4. The Morgan fingerprint density at radius 2 is 2.00 bits per heavy atom. The van der Waals surface area contributed by atoms with Gasteiger partial charge in [0.05, 0.1) is 6.61 Å². The summed E-state index contributed by atoms with van der Waals surface area (Å²) >= 11 is 0. The monoisotopic (exact) mass is 228 g/mol. The smallest absolute Gasteiger partial charge is 0.331 e. The van der Waals surface area contributed by atoms with Crippen molar-refractivity contribution in [3.8, 4) is 0 Å². The van der Waals surface area contributed by atoms with Gasteiger partial charge >= 0.3 is 11.9 Å². The molecule has 0 heterocycles. The van der Waals surface area contributed by atoms with Crippen LogP contribution in [0.3, 0.4) is 0 Å². The lowest BCUT2D eigenvalue weighted by Crippen LogP contribution is -2.12. The number of carbonyl (C=O) groups is 2. The number of hydrogen-bond donors (Lipinski definition) is 1. The number of rotatable bonds is 8. The molecule has 92 valence electrons. The van der Waals surface area contributed by atoms with Gasteiger partial charge in [0.15, 0.2) is 0 Å². The van der Waals surface area contributed by atoms with Crippen molar-refractivity contribution in [3.63, 3.8) is 0 Å². The van der Waals surface area contributed by atoms with Crippen molar-refractivity contribution in [2.45, 2.75) is 39.5 Å². The van der Waals surface area contributed by atoms with E-state index in [-0.39, 0.29) is 0 Å². The van der Waals surface area contributed by atoms with Crippen LogP contribution in [0.15, 0.2) is 12.2 Å². The molecule has 0 aliphatic rings. The third-order valence-electron chi connectivity index (χ3n) is 2.37. The number of ether oxygens (including phenoxy) is 1. The van der Waals surface area contributed by atoms with E-state index in [1.165, 1.54) is 0 Å². The fraction of sp³-hybridized carbons (Fsp3) is 0.667. The van der Waals surface area contributed by atoms with E-state index < -0.39 is 11.9 Å². The van der Waals surface area contributed by atoms with E-state index in [4.69, 9.17) is 9.84 Å². The molecule has 0 spiro atoms. The Kier molecular flexibility index (Phi) is 8.21. The molecule has 4 heteroatoms. The molecule has 0 aromatic heterocycles. The summed E-state index contributed by atoms with van der Waals surface area (Å²) in [5, 5.41) is 8.31. The van der Waals surface area contributed by atoms with Crippen LogP contribution in [0, 0.1) is 5.92 Å². The average molecular weight is 228 g/mol. The molecule has 0 bridgehead atoms. The fourth-order valence-electron chi connectivity index (χ4n) is 1.29. The van der Waals surface area contributed by atoms with Crippen molar-refractivity contribution in [3.05, 3.63) is 12.2 Å². The standard InChI is InChI=1S/C12H20O4/c1-3-5-6-10(4-2)9-16-12(15)8-7-11(13)14/h7-8,10H,3-6,9H2,1-2H3,(H,13,14)/b8-7+. The van der Waals surface area contributed by atoms with E-state index in [1.807, 2.05) is 0 Å². The number of unbranched alkanes of at least 4 members (excludes halogenated alkanes) is 1. The molecule has 0 saturated carbocycles. The van der Waals surface area contributed by atoms with Crippen LogP contribution >= 0.6 is 0 Å². The molecule has 1 N–H and O–H groups in total. The molecule has 0 saturated heterocycles. The van der Waals surface area contributed by atoms with E-state index >= 15 is 0 Å². The third kappa shape index (κ3) is 8.03. The average Bonchev–Trinajstić information content (AvgIpc) is 2.26. The Morgan fingerprint density at radius 3 is 2.50 bits per heavy atom. The van der Waals surface area contributed by atoms with Crippen LogP contribution in [0.2, 0.25) is 0 Å². The van der Waals surface area contributed by atoms with Crippen molar-refractivity contribution in [2.24, 2.45) is 5.92 Å². The number of carboxylic acid groups (broad SMARTS) is 1. The van der Waals surface area contributed by atoms with Crippen molar-refractivity contribution >= 4 is 11.9 Å². The largest absolute Gasteiger partial charge is 0.478 e. The molecule has 0 fully saturated rings. The number of hydrogen-bond acceptors (Lipinski definition) is 3. The molecule has 0 aliphatic carbocycles. The molecule has 1 unspecified atom stereocenters. The number of aliphatic carboxylic acids is 1. The first-order chi connectivity index (χ1) is 7.60. The van der Waals surface area contributed by atoms with Gasteiger partial charge < -0.3 is 9.84 Å². The molecule has 0 radical (unpaired) electrons. The summed E-state index contributed by atoms with van der Waals surface area (Å²) in [6.45, 7) is 4.55. The second-order valence-electron chi connectivity index (χ2n) is 3.72. The Hall–Kier alpha value is -1.32. The zero-order valence-electron chi connectivity index (χ0n) is 9.94. The molecule has 0 aliphatic heterocycles. The zero-order valence-corrected chi connectivity index (χ0v) is 9.94. The lowest BCUT2D eigenvalue weighted by molar-refractivity contribution is -0.140. The van der Waals surface area contributed by atoms with Crippen LogP contribution < -0.4 is 0 Å². The minimum absolute atomic E-state index is 0.374. The maximum Gasteiger partial charge on any atom is 0.331 e. The number of esters is 1. The third-order valence-corrected chi connectivity index (χ3v) is 2.37. The maximum atomic E-state index is 11.1. The second-order valence-corrected chi connectivity index (χ2v) is 3.72. The summed E-state index contributed by atoms with van der Waals surface area (Å²) in [5.74, 6) is -1.35. The minimum atomic E-state index is -1.14. The topological polar surface area (TPSA) is 63.6 Å². The van der Waals surface area contributed by atoms with Crippen LogP contribution in [-0.2, 0) is 14.3 Å². The van der Waals surface area contributed by atoms with Gasteiger partial charge in [-0.25, -0.2) is 9.59 Å². The highest BCUT2D eigenvalue weighted by atomic mass is 16.5. The highest BCUT2D eigenvalue weighted by molar-refractivity contribution is 5.90. The van der Waals surface area contributed by atoms with Gasteiger partial charge in [-0.3, -0.25) is 0 Å². The summed E-state index contributed by atoms with van der Waals surface area (Å²) < 4.78 is 4.95. The Morgan fingerprint density at radius 1 is 1.31 bits per heavy atom. The molecule has 0 amide bonds. The first-order valence-corrected chi connectivity index (χ1v) is 5.67. The number of carbonyl (C=O) groups excluding carboxylic acids is 1. The number of carboxylic acids is 1. The van der Waals surface area contributed by atoms with Crippen molar-refractivity contribution in [1.29, 1.82) is 0 Å². The van der Waals surface area contributed by atoms with Crippen molar-refractivity contribution < 1.29 is 19.4 Å². The van der Waals surface area contributed by atoms with E-state index in [9.17, 15) is 9.59 Å². The van der Waals surface area contributed by atoms with E-state index in [0.29, 0.717) is 12.5 Å². The quantitative estimate of drug-likeness (QED) is 0.511. The second kappa shape index (κ2) is 8.95. The molecule has 0 rings (SSSR count). The van der Waals surface area contributed by atoms with Crippen LogP contribution in [0.1, 0.15) is 39.5 Å². The van der Waals surface area contributed by atoms with Gasteiger partial charge in [0.2, 0.25) is 0 Å². The Bertz CT molecular complexity index is 245. The van der Waals surface area contributed by atoms with Gasteiger partial charge in [-0.1, -0.05) is 33.1 Å². The van der Waals surface area contributed by atoms with Gasteiger partial charge in [0.1, 0.15) is 0 Å². The summed E-state index contributed by atoms with van der Waals surface area (Å²) in [5.41, 5.74) is 0. The lowest BCUT2D eigenvalue weighted by Gasteiger charge is -2.13. The molecular weight excluding hydrogens is 208 g/mol. The molecular formula is C12H20O4. The summed E-state index contributed by atoms with van der Waals surface area (Å²) in [6.07, 6.45) is 5.99. The first kappa shape index (κ1) is 14.7. The fourth-order valence-corrected chi connectivity index (χ4v) is 1.29. The maximum absolute atomic E-state index is 11.1. The molecule has 4 nitrogen and oxygen atoms in total. The predicted molar refractivity (Wildman–Crippen MR) is 61.0 cm³/mol. The predicted octanol–water partition coefficient (Wildman–Crippen LogP) is 2.39. The SMILES string of the molecule is CCCCC(CC)COC(=O)/C=C/C(=O)O. The van der Waals surface area contributed by atoms with Gasteiger partial charge in [-0.2, -0.15) is 0 Å². The summed E-state index contributed by atoms with van der Waals surface area (Å²) in [7, 11) is 0. The van der Waals surface area contributed by atoms with E-state index in [2.05, 4.69) is 13.8 Å². The molecule has 1 atom stereocenters. The van der Waals surface area contributed by atoms with Gasteiger partial charge in [-0.15, -0.1) is 0 Å². The van der Waals surface area contributed by atoms with Gasteiger partial charge in [0.25, 0.3) is 0 Å². The summed E-state index contributed by atoms with van der Waals surface area (Å²) in [6, 6.07) is 0. The van der Waals surface area contributed by atoms with Crippen molar-refractivity contribution in [2.75, 3.05) is 6.61 Å². The summed E-state index contributed by atoms with van der Waals surface area (Å²) in [4.78, 5) is 21.2. The van der Waals surface area contributed by atoms with Crippen LogP contribution in [0.25, 0.3) is 0 Å². The highest BCUT2D eigenvalue weighted by Crippen LogP contribution is 2.12. The van der Waals surface area contributed by atoms with E-state index in [1.54, 1.807) is 0 Å². The highest BCUT2D eigenvalue weighted by Gasteiger charge is 2.08. The molecule has 16 heavy (non-hydrogen) atoms. The molecule has 0 aromatic carbocycles. The normalized spacial score (nSPS) is 12.6. The van der Waals surface area contributed by atoms with E-state index in [0.717, 1.165) is 37.8 Å². The molecule has 0 aromatic rings. The Balaban J connectivity index is 3.83. The lowest BCUT2D eigenvalue weighted by atomic mass is 10.0. The van der Waals surface area contributed by atoms with Gasteiger partial charge in [-0.05, 0) is 12.3 Å². The van der Waals surface area contributed by atoms with Crippen LogP contribution in [0.5, 0.6) is 0 Å². The van der Waals surface area contributed by atoms with Crippen molar-refractivity contribution in [1.82, 2.24) is 0 Å². The van der Waals surface area contributed by atoms with Crippen LogP contribution in [0.4, 0.5) is 0 Å². The first-order valence-electron chi connectivity index (χ1n) is 5.67. The Labute approximate surface area is 96.3 Å². The van der Waals surface area contributed by atoms with Crippen LogP contribution in [-0.4, -0.2) is 23.7 Å². The minimum Gasteiger partial charge on any atom is -0.478 e. The van der Waals surface area contributed by atoms with Gasteiger partial charge in [0, 0.05) is 12.2 Å².